The Hall–Kier alpha value is -4.21. The van der Waals surface area contributed by atoms with Crippen molar-refractivity contribution in [1.82, 2.24) is 9.38 Å². The van der Waals surface area contributed by atoms with Crippen LogP contribution in [0.5, 0.6) is 0 Å². The molecule has 0 radical (unpaired) electrons. The van der Waals surface area contributed by atoms with Gasteiger partial charge in [-0.2, -0.15) is 0 Å². The lowest BCUT2D eigenvalue weighted by molar-refractivity contribution is 1.19. The average Bonchev–Trinajstić information content (AvgIpc) is 3.33. The van der Waals surface area contributed by atoms with Gasteiger partial charge in [0, 0.05) is 21.8 Å². The summed E-state index contributed by atoms with van der Waals surface area (Å²) >= 11 is 3.58. The zero-order valence-corrected chi connectivity index (χ0v) is 21.0. The van der Waals surface area contributed by atoms with Crippen molar-refractivity contribution in [3.63, 3.8) is 0 Å². The summed E-state index contributed by atoms with van der Waals surface area (Å²) in [7, 11) is 0. The number of halogens is 1. The molecule has 5 aromatic carbocycles. The number of nitrogens with zero attached hydrogens (tertiary/aromatic N) is 2. The van der Waals surface area contributed by atoms with Gasteiger partial charge in [0.15, 0.2) is 0 Å². The average molecular weight is 525 g/mol. The van der Waals surface area contributed by atoms with Crippen LogP contribution in [0.15, 0.2) is 132 Å². The maximum Gasteiger partial charge on any atom is 0.137 e. The summed E-state index contributed by atoms with van der Waals surface area (Å²) in [6, 6.07) is 43.0. The maximum absolute atomic E-state index is 5.00. The monoisotopic (exact) mass is 524 g/mol. The van der Waals surface area contributed by atoms with Gasteiger partial charge in [-0.1, -0.05) is 107 Å². The van der Waals surface area contributed by atoms with E-state index >= 15 is 0 Å². The molecule has 7 aromatic rings. The summed E-state index contributed by atoms with van der Waals surface area (Å²) in [5, 5.41) is 5.05. The van der Waals surface area contributed by atoms with Crippen LogP contribution in [0.1, 0.15) is 0 Å². The first-order valence-corrected chi connectivity index (χ1v) is 12.8. The quantitative estimate of drug-likeness (QED) is 0.210. The third kappa shape index (κ3) is 3.52. The standard InChI is InChI=1S/C33H21BrN2/c34-28-16-18-30-27(21-28)14-13-26-20-25(15-17-29(26)30)22-9-11-23(12-10-22)32-33(24-6-2-1-3-7-24)36-19-5-4-8-31(36)35-32/h1-21H. The topological polar surface area (TPSA) is 17.3 Å². The maximum atomic E-state index is 5.00. The lowest BCUT2D eigenvalue weighted by Crippen LogP contribution is -1.89. The Balaban J connectivity index is 1.31. The zero-order chi connectivity index (χ0) is 24.1. The molecule has 170 valence electrons. The fraction of sp³-hybridized carbons (Fsp3) is 0. The number of rotatable bonds is 3. The van der Waals surface area contributed by atoms with Crippen LogP contribution in [0.25, 0.3) is 60.8 Å². The van der Waals surface area contributed by atoms with E-state index in [1.165, 1.54) is 32.7 Å². The second-order valence-corrected chi connectivity index (χ2v) is 9.96. The molecule has 0 aliphatic rings. The van der Waals surface area contributed by atoms with Crippen molar-refractivity contribution >= 4 is 43.1 Å². The second-order valence-electron chi connectivity index (χ2n) is 9.05. The number of aromatic nitrogens is 2. The Kier molecular flexibility index (Phi) is 4.97. The molecule has 7 rings (SSSR count). The Morgan fingerprint density at radius 2 is 1.19 bits per heavy atom. The molecule has 0 unspecified atom stereocenters. The predicted molar refractivity (Wildman–Crippen MR) is 154 cm³/mol. The number of hydrogen-bond donors (Lipinski definition) is 0. The third-order valence-corrected chi connectivity index (χ3v) is 7.36. The molecule has 2 nitrogen and oxygen atoms in total. The van der Waals surface area contributed by atoms with Gasteiger partial charge in [0.1, 0.15) is 5.65 Å². The van der Waals surface area contributed by atoms with E-state index in [0.29, 0.717) is 0 Å². The Morgan fingerprint density at radius 1 is 0.528 bits per heavy atom. The molecular weight excluding hydrogens is 504 g/mol. The molecule has 0 saturated heterocycles. The molecule has 2 aromatic heterocycles. The Morgan fingerprint density at radius 3 is 2.00 bits per heavy atom. The summed E-state index contributed by atoms with van der Waals surface area (Å²) in [6.45, 7) is 0. The van der Waals surface area contributed by atoms with Crippen LogP contribution in [-0.2, 0) is 0 Å². The molecule has 2 heterocycles. The van der Waals surface area contributed by atoms with Crippen LogP contribution in [-0.4, -0.2) is 9.38 Å². The highest BCUT2D eigenvalue weighted by Crippen LogP contribution is 2.35. The fourth-order valence-electron chi connectivity index (χ4n) is 5.11. The van der Waals surface area contributed by atoms with E-state index < -0.39 is 0 Å². The highest BCUT2D eigenvalue weighted by atomic mass is 79.9. The molecule has 0 spiro atoms. The van der Waals surface area contributed by atoms with Crippen LogP contribution in [0.2, 0.25) is 0 Å². The van der Waals surface area contributed by atoms with E-state index in [-0.39, 0.29) is 0 Å². The predicted octanol–water partition coefficient (Wildman–Crippen LogP) is 9.40. The van der Waals surface area contributed by atoms with Crippen molar-refractivity contribution in [2.75, 3.05) is 0 Å². The molecule has 0 fully saturated rings. The molecule has 0 saturated carbocycles. The van der Waals surface area contributed by atoms with E-state index in [9.17, 15) is 0 Å². The number of benzene rings is 5. The van der Waals surface area contributed by atoms with Crippen molar-refractivity contribution in [2.45, 2.75) is 0 Å². The van der Waals surface area contributed by atoms with Gasteiger partial charge in [-0.3, -0.25) is 4.40 Å². The number of hydrogen-bond acceptors (Lipinski definition) is 1. The lowest BCUT2D eigenvalue weighted by atomic mass is 9.96. The van der Waals surface area contributed by atoms with Crippen LogP contribution < -0.4 is 0 Å². The van der Waals surface area contributed by atoms with Crippen molar-refractivity contribution in [3.05, 3.63) is 132 Å². The van der Waals surface area contributed by atoms with Crippen LogP contribution in [0.3, 0.4) is 0 Å². The van der Waals surface area contributed by atoms with Gasteiger partial charge in [0.25, 0.3) is 0 Å². The molecule has 3 heteroatoms. The molecule has 0 amide bonds. The van der Waals surface area contributed by atoms with E-state index in [0.717, 1.165) is 32.6 Å². The minimum absolute atomic E-state index is 0.948. The molecule has 36 heavy (non-hydrogen) atoms. The first-order chi connectivity index (χ1) is 17.7. The smallest absolute Gasteiger partial charge is 0.137 e. The van der Waals surface area contributed by atoms with Gasteiger partial charge in [-0.05, 0) is 63.0 Å². The normalized spacial score (nSPS) is 11.5. The van der Waals surface area contributed by atoms with Crippen molar-refractivity contribution < 1.29 is 0 Å². The molecule has 0 N–H and O–H groups in total. The van der Waals surface area contributed by atoms with Gasteiger partial charge in [-0.15, -0.1) is 0 Å². The highest BCUT2D eigenvalue weighted by molar-refractivity contribution is 9.10. The summed E-state index contributed by atoms with van der Waals surface area (Å²) in [5.41, 5.74) is 7.73. The summed E-state index contributed by atoms with van der Waals surface area (Å²) < 4.78 is 3.28. The second kappa shape index (κ2) is 8.47. The van der Waals surface area contributed by atoms with E-state index in [1.807, 2.05) is 12.1 Å². The molecule has 0 aliphatic heterocycles. The van der Waals surface area contributed by atoms with Gasteiger partial charge in [0.05, 0.1) is 11.4 Å². The molecule has 0 aliphatic carbocycles. The summed E-state index contributed by atoms with van der Waals surface area (Å²) in [6.07, 6.45) is 2.08. The molecule has 0 bridgehead atoms. The van der Waals surface area contributed by atoms with Crippen molar-refractivity contribution in [3.8, 4) is 33.6 Å². The third-order valence-electron chi connectivity index (χ3n) is 6.87. The summed E-state index contributed by atoms with van der Waals surface area (Å²) in [4.78, 5) is 5.00. The minimum atomic E-state index is 0.948. The van der Waals surface area contributed by atoms with E-state index in [1.54, 1.807) is 0 Å². The Labute approximate surface area is 217 Å². The van der Waals surface area contributed by atoms with Crippen LogP contribution in [0, 0.1) is 0 Å². The number of pyridine rings is 1. The lowest BCUT2D eigenvalue weighted by Gasteiger charge is -2.09. The zero-order valence-electron chi connectivity index (χ0n) is 19.4. The van der Waals surface area contributed by atoms with Crippen LogP contribution in [0.4, 0.5) is 0 Å². The van der Waals surface area contributed by atoms with Gasteiger partial charge in [-0.25, -0.2) is 4.98 Å². The SMILES string of the molecule is Brc1ccc2c(ccc3cc(-c4ccc(-c5nc6ccccn6c5-c5ccccc5)cc4)ccc32)c1. The van der Waals surface area contributed by atoms with E-state index in [2.05, 4.69) is 136 Å². The van der Waals surface area contributed by atoms with Crippen molar-refractivity contribution in [1.29, 1.82) is 0 Å². The fourth-order valence-corrected chi connectivity index (χ4v) is 5.49. The van der Waals surface area contributed by atoms with Gasteiger partial charge >= 0.3 is 0 Å². The van der Waals surface area contributed by atoms with Crippen molar-refractivity contribution in [2.24, 2.45) is 0 Å². The van der Waals surface area contributed by atoms with Gasteiger partial charge < -0.3 is 0 Å². The molecule has 0 atom stereocenters. The minimum Gasteiger partial charge on any atom is -0.299 e. The Bertz CT molecular complexity index is 1880. The van der Waals surface area contributed by atoms with Crippen LogP contribution >= 0.6 is 15.9 Å². The highest BCUT2D eigenvalue weighted by Gasteiger charge is 2.15. The van der Waals surface area contributed by atoms with Gasteiger partial charge in [0.2, 0.25) is 0 Å². The number of fused-ring (bicyclic) bond motifs is 4. The first kappa shape index (κ1) is 21.1. The largest absolute Gasteiger partial charge is 0.299 e. The molecular formula is C33H21BrN2. The first-order valence-electron chi connectivity index (χ1n) is 12.0. The number of imidazole rings is 1. The van der Waals surface area contributed by atoms with E-state index in [4.69, 9.17) is 4.98 Å². The summed E-state index contributed by atoms with van der Waals surface area (Å²) in [5.74, 6) is 0.